The number of benzene rings is 4. The number of hydrogen-bond donors (Lipinski definition) is 0. The molecule has 0 spiro atoms. The summed E-state index contributed by atoms with van der Waals surface area (Å²) in [4.78, 5) is 66.1. The van der Waals surface area contributed by atoms with Crippen molar-refractivity contribution in [3.05, 3.63) is 156 Å². The fourth-order valence-corrected chi connectivity index (χ4v) is 4.97. The topological polar surface area (TPSA) is 159 Å². The fraction of sp³-hybridized carbons (Fsp3) is 0.205. The third-order valence-electron chi connectivity index (χ3n) is 7.45. The predicted octanol–water partition coefficient (Wildman–Crippen LogP) is 6.08. The quantitative estimate of drug-likeness (QED) is 0.0893. The van der Waals surface area contributed by atoms with Crippen molar-refractivity contribution in [1.82, 2.24) is 0 Å². The number of hydrogen-bond acceptors (Lipinski definition) is 13. The highest BCUT2D eigenvalue weighted by Crippen LogP contribution is 2.32. The summed E-state index contributed by atoms with van der Waals surface area (Å²) in [6.07, 6.45) is -9.51. The van der Waals surface area contributed by atoms with Crippen LogP contribution in [-0.2, 0) is 44.5 Å². The Hall–Kier alpha value is -6.47. The van der Waals surface area contributed by atoms with Gasteiger partial charge in [-0.1, -0.05) is 97.6 Å². The molecule has 1 unspecified atom stereocenters. The first kappa shape index (κ1) is 36.8. The third kappa shape index (κ3) is 10.3. The number of ether oxygens (including phenoxy) is 8. The Morgan fingerprint density at radius 2 is 1.02 bits per heavy atom. The van der Waals surface area contributed by atoms with Crippen LogP contribution in [0.1, 0.15) is 36.6 Å². The van der Waals surface area contributed by atoms with Gasteiger partial charge in [-0.2, -0.15) is 0 Å². The van der Waals surface area contributed by atoms with Crippen molar-refractivity contribution in [2.45, 2.75) is 37.3 Å². The van der Waals surface area contributed by atoms with Gasteiger partial charge in [0.15, 0.2) is 12.2 Å². The molecule has 0 saturated carbocycles. The summed E-state index contributed by atoms with van der Waals surface area (Å²) in [5.74, 6) is -2.73. The molecule has 5 atom stereocenters. The first-order valence-electron chi connectivity index (χ1n) is 16.0. The Balaban J connectivity index is 1.53. The maximum atomic E-state index is 13.6. The molecule has 13 heteroatoms. The molecule has 0 aromatic heterocycles. The Kier molecular flexibility index (Phi) is 13.1. The maximum absolute atomic E-state index is 13.6. The molecule has 0 N–H and O–H groups in total. The van der Waals surface area contributed by atoms with E-state index >= 15 is 0 Å². The van der Waals surface area contributed by atoms with Crippen molar-refractivity contribution >= 4 is 30.2 Å². The molecule has 13 nitrogen and oxygen atoms in total. The molecule has 4 aromatic carbocycles. The van der Waals surface area contributed by atoms with Crippen LogP contribution in [0.15, 0.2) is 134 Å². The molecule has 0 bridgehead atoms. The van der Waals surface area contributed by atoms with Gasteiger partial charge in [0.05, 0.1) is 16.7 Å². The molecule has 0 amide bonds. The van der Waals surface area contributed by atoms with E-state index in [1.807, 2.05) is 0 Å². The zero-order valence-electron chi connectivity index (χ0n) is 27.6. The Labute approximate surface area is 298 Å². The number of carbonyl (C=O) groups is 5. The van der Waals surface area contributed by atoms with Gasteiger partial charge in [0.1, 0.15) is 25.9 Å². The van der Waals surface area contributed by atoms with Crippen molar-refractivity contribution in [2.75, 3.05) is 13.2 Å². The molecular weight excluding hydrogens is 676 g/mol. The summed E-state index contributed by atoms with van der Waals surface area (Å²) in [6.45, 7) is 2.43. The maximum Gasteiger partial charge on any atom is 0.509 e. The van der Waals surface area contributed by atoms with Gasteiger partial charge >= 0.3 is 30.2 Å². The van der Waals surface area contributed by atoms with Crippen molar-refractivity contribution in [3.8, 4) is 0 Å². The lowest BCUT2D eigenvalue weighted by molar-refractivity contribution is -0.285. The summed E-state index contributed by atoms with van der Waals surface area (Å²) in [5.41, 5.74) is 0.935. The van der Waals surface area contributed by atoms with Gasteiger partial charge in [0.25, 0.3) is 0 Å². The van der Waals surface area contributed by atoms with Crippen LogP contribution in [0.25, 0.3) is 0 Å². The van der Waals surface area contributed by atoms with Gasteiger partial charge in [0, 0.05) is 0 Å². The number of rotatable bonds is 13. The van der Waals surface area contributed by atoms with E-state index in [-0.39, 0.29) is 29.9 Å². The molecule has 1 aliphatic rings. The van der Waals surface area contributed by atoms with E-state index in [1.165, 1.54) is 42.5 Å². The molecule has 4 aromatic rings. The van der Waals surface area contributed by atoms with E-state index in [9.17, 15) is 24.0 Å². The van der Waals surface area contributed by atoms with Gasteiger partial charge in [0.2, 0.25) is 12.4 Å². The zero-order chi connectivity index (χ0) is 36.7. The third-order valence-corrected chi connectivity index (χ3v) is 7.45. The highest BCUT2D eigenvalue weighted by molar-refractivity contribution is 5.91. The highest BCUT2D eigenvalue weighted by atomic mass is 16.8. The summed E-state index contributed by atoms with van der Waals surface area (Å²) >= 11 is 0. The van der Waals surface area contributed by atoms with Gasteiger partial charge in [-0.3, -0.25) is 0 Å². The Morgan fingerprint density at radius 3 is 1.54 bits per heavy atom. The lowest BCUT2D eigenvalue weighted by Gasteiger charge is -2.43. The predicted molar refractivity (Wildman–Crippen MR) is 181 cm³/mol. The Morgan fingerprint density at radius 1 is 0.538 bits per heavy atom. The molecular formula is C39H34O13. The van der Waals surface area contributed by atoms with Crippen molar-refractivity contribution in [1.29, 1.82) is 0 Å². The fourth-order valence-electron chi connectivity index (χ4n) is 4.97. The number of carbonyl (C=O) groups excluding carboxylic acids is 5. The van der Waals surface area contributed by atoms with Crippen LogP contribution in [0.4, 0.5) is 9.59 Å². The van der Waals surface area contributed by atoms with Crippen molar-refractivity contribution in [3.63, 3.8) is 0 Å². The van der Waals surface area contributed by atoms with Gasteiger partial charge in [-0.25, -0.2) is 24.0 Å². The van der Waals surface area contributed by atoms with Crippen LogP contribution in [0.5, 0.6) is 0 Å². The normalized spacial score (nSPS) is 19.2. The largest absolute Gasteiger partial charge is 0.509 e. The van der Waals surface area contributed by atoms with E-state index in [0.717, 1.165) is 0 Å². The van der Waals surface area contributed by atoms with E-state index in [0.29, 0.717) is 5.56 Å². The second kappa shape index (κ2) is 18.5. The summed E-state index contributed by atoms with van der Waals surface area (Å²) in [7, 11) is 0. The lowest BCUT2D eigenvalue weighted by atomic mass is 9.98. The molecule has 1 aliphatic heterocycles. The molecule has 1 saturated heterocycles. The van der Waals surface area contributed by atoms with Crippen LogP contribution in [0.2, 0.25) is 0 Å². The minimum atomic E-state index is -1.80. The summed E-state index contributed by atoms with van der Waals surface area (Å²) < 4.78 is 44.7. The minimum absolute atomic E-state index is 0.0890. The standard InChI is InChI=1S/C39H34O13/c1-2-23-45-38(43)47-25-30-31(51-39(44)46-24-26-15-7-3-8-16-26)32(49-34(40)27-17-9-4-10-18-27)33(50-35(41)28-19-11-5-12-20-28)37(48-30)52-36(42)29-21-13-6-14-22-29/h2-22,30-33,37H,1,23-25H2/t30-,31-,32+,33-,37?/m1/s1. The van der Waals surface area contributed by atoms with E-state index < -0.39 is 67.5 Å². The van der Waals surface area contributed by atoms with E-state index in [1.54, 1.807) is 84.9 Å². The van der Waals surface area contributed by atoms with Crippen LogP contribution in [0, 0.1) is 0 Å². The molecule has 0 aliphatic carbocycles. The molecule has 1 fully saturated rings. The van der Waals surface area contributed by atoms with Crippen LogP contribution >= 0.6 is 0 Å². The average molecular weight is 711 g/mol. The second-order valence-electron chi connectivity index (χ2n) is 11.1. The first-order valence-corrected chi connectivity index (χ1v) is 16.0. The average Bonchev–Trinajstić information content (AvgIpc) is 3.18. The molecule has 5 rings (SSSR count). The van der Waals surface area contributed by atoms with Crippen LogP contribution < -0.4 is 0 Å². The molecule has 52 heavy (non-hydrogen) atoms. The van der Waals surface area contributed by atoms with Gasteiger partial charge in [-0.15, -0.1) is 0 Å². The molecule has 0 radical (unpaired) electrons. The van der Waals surface area contributed by atoms with Gasteiger partial charge < -0.3 is 37.9 Å². The summed E-state index contributed by atoms with van der Waals surface area (Å²) in [6, 6.07) is 32.2. The smallest absolute Gasteiger partial charge is 0.450 e. The van der Waals surface area contributed by atoms with E-state index in [2.05, 4.69) is 6.58 Å². The monoisotopic (exact) mass is 710 g/mol. The van der Waals surface area contributed by atoms with Crippen LogP contribution in [0.3, 0.4) is 0 Å². The van der Waals surface area contributed by atoms with Gasteiger partial charge in [-0.05, 0) is 42.0 Å². The molecule has 268 valence electrons. The minimum Gasteiger partial charge on any atom is -0.450 e. The summed E-state index contributed by atoms with van der Waals surface area (Å²) in [5, 5.41) is 0. The van der Waals surface area contributed by atoms with Crippen molar-refractivity contribution in [2.24, 2.45) is 0 Å². The lowest BCUT2D eigenvalue weighted by Crippen LogP contribution is -2.63. The zero-order valence-corrected chi connectivity index (χ0v) is 27.6. The van der Waals surface area contributed by atoms with Crippen molar-refractivity contribution < 1.29 is 61.9 Å². The number of esters is 3. The SMILES string of the molecule is C=CCOC(=O)OC[C@H]1OC(OC(=O)c2ccccc2)[C@H](OC(=O)c2ccccc2)[C@@H](OC(=O)c2ccccc2)[C@@H]1OC(=O)OCc1ccccc1. The van der Waals surface area contributed by atoms with E-state index in [4.69, 9.17) is 37.9 Å². The molecule has 1 heterocycles. The second-order valence-corrected chi connectivity index (χ2v) is 11.1. The Bertz CT molecular complexity index is 1800. The highest BCUT2D eigenvalue weighted by Gasteiger charge is 2.55. The first-order chi connectivity index (χ1) is 25.3. The van der Waals surface area contributed by atoms with Crippen LogP contribution in [-0.4, -0.2) is 74.1 Å².